The van der Waals surface area contributed by atoms with Gasteiger partial charge in [0.1, 0.15) is 11.5 Å². The van der Waals surface area contributed by atoms with Crippen molar-refractivity contribution >= 4 is 11.6 Å². The zero-order valence-electron chi connectivity index (χ0n) is 15.3. The molecule has 1 aromatic carbocycles. The predicted octanol–water partition coefficient (Wildman–Crippen LogP) is 4.25. The van der Waals surface area contributed by atoms with Crippen molar-refractivity contribution in [2.24, 2.45) is 16.7 Å². The molecule has 0 bridgehead atoms. The van der Waals surface area contributed by atoms with Gasteiger partial charge in [-0.25, -0.2) is 0 Å². The maximum absolute atomic E-state index is 12.7. The molecule has 0 saturated heterocycles. The number of methoxy groups -OCH3 is 1. The van der Waals surface area contributed by atoms with E-state index in [1.54, 1.807) is 20.1 Å². The Morgan fingerprint density at radius 2 is 2.12 bits per heavy atom. The number of Topliss-reactive ketones (excluding diaryl/α,β-unsaturated/α-hetero) is 1. The van der Waals surface area contributed by atoms with E-state index in [4.69, 9.17) is 4.74 Å². The second kappa shape index (κ2) is 5.55. The van der Waals surface area contributed by atoms with Crippen LogP contribution in [0.5, 0.6) is 5.75 Å². The molecule has 1 saturated carbocycles. The summed E-state index contributed by atoms with van der Waals surface area (Å²) in [6.45, 7) is 3.76. The summed E-state index contributed by atoms with van der Waals surface area (Å²) in [5, 5.41) is 0. The van der Waals surface area contributed by atoms with Gasteiger partial charge in [0.2, 0.25) is 0 Å². The third-order valence-electron chi connectivity index (χ3n) is 7.22. The first-order valence-electron chi connectivity index (χ1n) is 9.31. The van der Waals surface area contributed by atoms with Gasteiger partial charge < -0.3 is 4.74 Å². The Balaban J connectivity index is 1.80. The van der Waals surface area contributed by atoms with Crippen molar-refractivity contribution in [3.8, 4) is 5.75 Å². The molecule has 1 aromatic rings. The minimum atomic E-state index is -0.413. The molecule has 0 N–H and O–H groups in total. The van der Waals surface area contributed by atoms with Gasteiger partial charge in [-0.05, 0) is 73.8 Å². The fourth-order valence-corrected chi connectivity index (χ4v) is 5.94. The maximum atomic E-state index is 12.7. The highest BCUT2D eigenvalue weighted by Crippen LogP contribution is 2.66. The number of carbonyl (C=O) groups excluding carboxylic acids is 2. The van der Waals surface area contributed by atoms with Gasteiger partial charge in [0.25, 0.3) is 0 Å². The Labute approximate surface area is 149 Å². The van der Waals surface area contributed by atoms with E-state index in [1.807, 2.05) is 6.07 Å². The maximum Gasteiger partial charge on any atom is 0.162 e. The van der Waals surface area contributed by atoms with Crippen LogP contribution in [0, 0.1) is 16.7 Å². The Hall–Kier alpha value is -1.90. The van der Waals surface area contributed by atoms with Crippen LogP contribution in [-0.4, -0.2) is 18.7 Å². The second-order valence-electron chi connectivity index (χ2n) is 8.30. The summed E-state index contributed by atoms with van der Waals surface area (Å²) in [6, 6.07) is 6.41. The Morgan fingerprint density at radius 1 is 1.32 bits per heavy atom. The Morgan fingerprint density at radius 3 is 2.84 bits per heavy atom. The molecule has 25 heavy (non-hydrogen) atoms. The summed E-state index contributed by atoms with van der Waals surface area (Å²) in [4.78, 5) is 24.8. The van der Waals surface area contributed by atoms with Crippen LogP contribution in [0.15, 0.2) is 30.4 Å². The third kappa shape index (κ3) is 2.17. The van der Waals surface area contributed by atoms with E-state index in [-0.39, 0.29) is 17.0 Å². The number of ketones is 2. The van der Waals surface area contributed by atoms with Crippen molar-refractivity contribution < 1.29 is 14.3 Å². The molecule has 0 spiro atoms. The van der Waals surface area contributed by atoms with Crippen LogP contribution in [-0.2, 0) is 16.0 Å². The molecule has 0 unspecified atom stereocenters. The SMILES string of the molecule is COc1ccc2c(c1)CC[C@@H]1[C@@H]2CC[C@]2(C)C(=O)C=C[C@]12CC(C)=O. The molecular formula is C22H26O3. The molecule has 0 heterocycles. The van der Waals surface area contributed by atoms with Crippen molar-refractivity contribution in [3.63, 3.8) is 0 Å². The lowest BCUT2D eigenvalue weighted by molar-refractivity contribution is -0.137. The number of benzene rings is 1. The molecule has 132 valence electrons. The lowest BCUT2D eigenvalue weighted by Gasteiger charge is -2.56. The number of ether oxygens (including phenoxy) is 1. The van der Waals surface area contributed by atoms with Crippen LogP contribution < -0.4 is 4.74 Å². The van der Waals surface area contributed by atoms with E-state index in [1.165, 1.54) is 11.1 Å². The summed E-state index contributed by atoms with van der Waals surface area (Å²) in [5.74, 6) is 2.10. The lowest BCUT2D eigenvalue weighted by Crippen LogP contribution is -2.52. The van der Waals surface area contributed by atoms with Crippen LogP contribution in [0.1, 0.15) is 56.6 Å². The first kappa shape index (κ1) is 16.6. The van der Waals surface area contributed by atoms with Crippen molar-refractivity contribution in [3.05, 3.63) is 41.5 Å². The fraction of sp³-hybridized carbons (Fsp3) is 0.545. The van der Waals surface area contributed by atoms with Crippen molar-refractivity contribution in [1.29, 1.82) is 0 Å². The normalized spacial score (nSPS) is 35.7. The summed E-state index contributed by atoms with van der Waals surface area (Å²) in [6.07, 6.45) is 8.25. The van der Waals surface area contributed by atoms with E-state index < -0.39 is 5.41 Å². The van der Waals surface area contributed by atoms with Gasteiger partial charge in [-0.1, -0.05) is 19.1 Å². The molecule has 4 rings (SSSR count). The van der Waals surface area contributed by atoms with Crippen LogP contribution >= 0.6 is 0 Å². The van der Waals surface area contributed by atoms with E-state index in [0.29, 0.717) is 18.3 Å². The first-order chi connectivity index (χ1) is 11.9. The van der Waals surface area contributed by atoms with Crippen LogP contribution in [0.3, 0.4) is 0 Å². The molecule has 3 aliphatic carbocycles. The summed E-state index contributed by atoms with van der Waals surface area (Å²) in [5.41, 5.74) is 2.05. The number of fused-ring (bicyclic) bond motifs is 5. The summed E-state index contributed by atoms with van der Waals surface area (Å²) >= 11 is 0. The molecule has 0 aromatic heterocycles. The largest absolute Gasteiger partial charge is 0.497 e. The highest BCUT2D eigenvalue weighted by molar-refractivity contribution is 5.99. The zero-order chi connectivity index (χ0) is 17.8. The highest BCUT2D eigenvalue weighted by Gasteiger charge is 2.62. The van der Waals surface area contributed by atoms with Crippen LogP contribution in [0.4, 0.5) is 0 Å². The molecule has 0 amide bonds. The average Bonchev–Trinajstić information content (AvgIpc) is 2.85. The van der Waals surface area contributed by atoms with Gasteiger partial charge in [0.15, 0.2) is 5.78 Å². The molecule has 0 radical (unpaired) electrons. The van der Waals surface area contributed by atoms with Gasteiger partial charge >= 0.3 is 0 Å². The molecule has 3 heteroatoms. The van der Waals surface area contributed by atoms with Gasteiger partial charge in [0, 0.05) is 17.3 Å². The van der Waals surface area contributed by atoms with E-state index in [9.17, 15) is 9.59 Å². The number of hydrogen-bond acceptors (Lipinski definition) is 3. The smallest absolute Gasteiger partial charge is 0.162 e. The number of allylic oxidation sites excluding steroid dienone is 2. The Bertz CT molecular complexity index is 777. The summed E-state index contributed by atoms with van der Waals surface area (Å²) in [7, 11) is 1.70. The Kier molecular flexibility index (Phi) is 3.68. The van der Waals surface area contributed by atoms with E-state index >= 15 is 0 Å². The number of hydrogen-bond donors (Lipinski definition) is 0. The van der Waals surface area contributed by atoms with Gasteiger partial charge in [-0.3, -0.25) is 9.59 Å². The molecule has 3 nitrogen and oxygen atoms in total. The first-order valence-corrected chi connectivity index (χ1v) is 9.31. The van der Waals surface area contributed by atoms with E-state index in [0.717, 1.165) is 31.4 Å². The number of carbonyl (C=O) groups is 2. The third-order valence-corrected chi connectivity index (χ3v) is 7.22. The second-order valence-corrected chi connectivity index (χ2v) is 8.30. The summed E-state index contributed by atoms with van der Waals surface area (Å²) < 4.78 is 5.39. The fourth-order valence-electron chi connectivity index (χ4n) is 5.94. The van der Waals surface area contributed by atoms with Gasteiger partial charge in [0.05, 0.1) is 7.11 Å². The molecular weight excluding hydrogens is 312 g/mol. The molecule has 0 aliphatic heterocycles. The minimum absolute atomic E-state index is 0.187. The lowest BCUT2D eigenvalue weighted by atomic mass is 9.46. The van der Waals surface area contributed by atoms with Crippen LogP contribution in [0.2, 0.25) is 0 Å². The molecule has 3 aliphatic rings. The van der Waals surface area contributed by atoms with Crippen molar-refractivity contribution in [2.45, 2.75) is 51.9 Å². The minimum Gasteiger partial charge on any atom is -0.497 e. The van der Waals surface area contributed by atoms with Crippen molar-refractivity contribution in [2.75, 3.05) is 7.11 Å². The monoisotopic (exact) mass is 338 g/mol. The number of rotatable bonds is 3. The number of aryl methyl sites for hydroxylation is 1. The van der Waals surface area contributed by atoms with Crippen LogP contribution in [0.25, 0.3) is 0 Å². The van der Waals surface area contributed by atoms with Gasteiger partial charge in [-0.2, -0.15) is 0 Å². The predicted molar refractivity (Wildman–Crippen MR) is 96.8 cm³/mol. The molecule has 1 fully saturated rings. The average molecular weight is 338 g/mol. The quantitative estimate of drug-likeness (QED) is 0.828. The van der Waals surface area contributed by atoms with Gasteiger partial charge in [-0.15, -0.1) is 0 Å². The molecule has 4 atom stereocenters. The van der Waals surface area contributed by atoms with E-state index in [2.05, 4.69) is 25.1 Å². The highest BCUT2D eigenvalue weighted by atomic mass is 16.5. The standard InChI is InChI=1S/C22H26O3/c1-14(23)13-22-11-9-20(24)21(22,2)10-8-18-17-6-5-16(25-3)12-15(17)4-7-19(18)22/h5-6,9,11-12,18-19H,4,7-8,10,13H2,1-3H3/t18-,19-,21-,22+/m1/s1. The topological polar surface area (TPSA) is 43.4 Å². The zero-order valence-corrected chi connectivity index (χ0v) is 15.3. The van der Waals surface area contributed by atoms with Crippen molar-refractivity contribution in [1.82, 2.24) is 0 Å².